The maximum Gasteiger partial charge on any atom is 0.344 e. The Hall–Kier alpha value is -2.66. The number of rotatable bonds is 7. The first-order valence-electron chi connectivity index (χ1n) is 8.00. The summed E-state index contributed by atoms with van der Waals surface area (Å²) in [6, 6.07) is 7.26. The van der Waals surface area contributed by atoms with Crippen molar-refractivity contribution in [3.8, 4) is 11.8 Å². The number of hydrogen-bond donors (Lipinski definition) is 0. The third-order valence-electron chi connectivity index (χ3n) is 3.48. The minimum Gasteiger partial charge on any atom is -0.481 e. The van der Waals surface area contributed by atoms with Gasteiger partial charge < -0.3 is 9.47 Å². The molecular formula is C18H18BrN3O4. The maximum atomic E-state index is 12.5. The molecule has 8 heteroatoms. The molecule has 1 amide bonds. The molecule has 0 atom stereocenters. The molecule has 0 radical (unpaired) electrons. The van der Waals surface area contributed by atoms with Crippen LogP contribution in [0, 0.1) is 11.3 Å². The van der Waals surface area contributed by atoms with Gasteiger partial charge in [-0.25, -0.2) is 9.80 Å². The van der Waals surface area contributed by atoms with E-state index in [2.05, 4.69) is 21.0 Å². The smallest absolute Gasteiger partial charge is 0.344 e. The van der Waals surface area contributed by atoms with Gasteiger partial charge in [-0.3, -0.25) is 4.79 Å². The molecule has 1 aliphatic heterocycles. The highest BCUT2D eigenvalue weighted by atomic mass is 79.9. The summed E-state index contributed by atoms with van der Waals surface area (Å²) >= 11 is 3.39. The fourth-order valence-electron chi connectivity index (χ4n) is 2.31. The van der Waals surface area contributed by atoms with E-state index in [-0.39, 0.29) is 32.1 Å². The van der Waals surface area contributed by atoms with Gasteiger partial charge in [0.25, 0.3) is 5.91 Å². The number of hydrazone groups is 1. The van der Waals surface area contributed by atoms with E-state index in [0.29, 0.717) is 22.6 Å². The molecule has 26 heavy (non-hydrogen) atoms. The topological polar surface area (TPSA) is 92.0 Å². The highest BCUT2D eigenvalue weighted by molar-refractivity contribution is 9.10. The van der Waals surface area contributed by atoms with Crippen LogP contribution in [0.3, 0.4) is 0 Å². The second kappa shape index (κ2) is 9.15. The molecule has 0 saturated heterocycles. The number of carbonyl (C=O) groups is 2. The predicted molar refractivity (Wildman–Crippen MR) is 99.3 cm³/mol. The monoisotopic (exact) mass is 419 g/mol. The first-order valence-corrected chi connectivity index (χ1v) is 8.79. The number of amides is 1. The van der Waals surface area contributed by atoms with Crippen molar-refractivity contribution in [2.75, 3.05) is 19.8 Å². The first kappa shape index (κ1) is 19.7. The van der Waals surface area contributed by atoms with Gasteiger partial charge in [0.2, 0.25) is 0 Å². The Morgan fingerprint density at radius 1 is 1.46 bits per heavy atom. The van der Waals surface area contributed by atoms with E-state index in [1.807, 2.05) is 6.07 Å². The molecule has 0 aliphatic carbocycles. The molecule has 1 heterocycles. The van der Waals surface area contributed by atoms with Crippen LogP contribution in [0.4, 0.5) is 0 Å². The molecule has 136 valence electrons. The van der Waals surface area contributed by atoms with E-state index < -0.39 is 5.97 Å². The first-order chi connectivity index (χ1) is 12.5. The molecule has 0 fully saturated rings. The van der Waals surface area contributed by atoms with E-state index in [1.54, 1.807) is 38.1 Å². The number of halogens is 1. The van der Waals surface area contributed by atoms with Crippen molar-refractivity contribution in [2.24, 2.45) is 5.10 Å². The lowest BCUT2D eigenvalue weighted by Gasteiger charge is -2.11. The number of benzene rings is 1. The summed E-state index contributed by atoms with van der Waals surface area (Å²) in [6.45, 7) is 3.75. The summed E-state index contributed by atoms with van der Waals surface area (Å²) in [6.07, 6.45) is 1.87. The van der Waals surface area contributed by atoms with Crippen molar-refractivity contribution in [2.45, 2.75) is 20.3 Å². The molecule has 7 nitrogen and oxygen atoms in total. The summed E-state index contributed by atoms with van der Waals surface area (Å²) < 4.78 is 11.2. The molecule has 1 aromatic carbocycles. The third kappa shape index (κ3) is 4.92. The Morgan fingerprint density at radius 3 is 2.92 bits per heavy atom. The lowest BCUT2D eigenvalue weighted by Crippen LogP contribution is -2.23. The Labute approximate surface area is 160 Å². The molecule has 0 bridgehead atoms. The zero-order valence-electron chi connectivity index (χ0n) is 14.5. The minimum absolute atomic E-state index is 0.209. The van der Waals surface area contributed by atoms with Crippen molar-refractivity contribution >= 4 is 39.6 Å². The van der Waals surface area contributed by atoms with Gasteiger partial charge >= 0.3 is 5.97 Å². The van der Waals surface area contributed by atoms with Crippen molar-refractivity contribution in [3.63, 3.8) is 0 Å². The Morgan fingerprint density at radius 2 is 2.23 bits per heavy atom. The second-order valence-electron chi connectivity index (χ2n) is 5.36. The van der Waals surface area contributed by atoms with Crippen LogP contribution in [0.15, 0.2) is 33.3 Å². The average Bonchev–Trinajstić information content (AvgIpc) is 2.87. The molecule has 1 aromatic rings. The summed E-state index contributed by atoms with van der Waals surface area (Å²) in [5.74, 6) is -0.287. The summed E-state index contributed by atoms with van der Waals surface area (Å²) in [7, 11) is 0. The maximum absolute atomic E-state index is 12.5. The SMILES string of the molecule is CCOC(=O)COc1ccc(Br)cc1/C=C1\C(=O)N(CCC#N)N=C1C. The van der Waals surface area contributed by atoms with Gasteiger partial charge in [0.05, 0.1) is 36.9 Å². The van der Waals surface area contributed by atoms with Gasteiger partial charge in [0, 0.05) is 10.0 Å². The molecule has 0 spiro atoms. The standard InChI is InChI=1S/C18H18BrN3O4/c1-3-25-17(23)11-26-16-6-5-14(19)9-13(16)10-15-12(2)21-22(18(15)24)8-4-7-20/h5-6,9-10H,3-4,8,11H2,1-2H3/b15-10-. The molecule has 0 unspecified atom stereocenters. The third-order valence-corrected chi connectivity index (χ3v) is 3.98. The van der Waals surface area contributed by atoms with Gasteiger partial charge in [0.15, 0.2) is 6.61 Å². The van der Waals surface area contributed by atoms with Crippen molar-refractivity contribution < 1.29 is 19.1 Å². The van der Waals surface area contributed by atoms with Crippen molar-refractivity contribution in [1.82, 2.24) is 5.01 Å². The lowest BCUT2D eigenvalue weighted by molar-refractivity contribution is -0.145. The van der Waals surface area contributed by atoms with Crippen molar-refractivity contribution in [3.05, 3.63) is 33.8 Å². The fraction of sp³-hybridized carbons (Fsp3) is 0.333. The largest absolute Gasteiger partial charge is 0.481 e. The number of nitrogens with zero attached hydrogens (tertiary/aromatic N) is 3. The Kier molecular flexibility index (Phi) is 6.92. The minimum atomic E-state index is -0.466. The molecular weight excluding hydrogens is 402 g/mol. The predicted octanol–water partition coefficient (Wildman–Crippen LogP) is 2.91. The Balaban J connectivity index is 2.25. The van der Waals surface area contributed by atoms with Crippen LogP contribution in [-0.2, 0) is 14.3 Å². The normalized spacial score (nSPS) is 15.0. The summed E-state index contributed by atoms with van der Waals surface area (Å²) in [4.78, 5) is 24.0. The molecule has 0 aromatic heterocycles. The molecule has 1 aliphatic rings. The molecule has 0 saturated carbocycles. The number of carbonyl (C=O) groups excluding carboxylic acids is 2. The fourth-order valence-corrected chi connectivity index (χ4v) is 2.68. The van der Waals surface area contributed by atoms with Gasteiger partial charge in [-0.1, -0.05) is 15.9 Å². The highest BCUT2D eigenvalue weighted by Gasteiger charge is 2.27. The number of esters is 1. The summed E-state index contributed by atoms with van der Waals surface area (Å²) in [5, 5.41) is 14.1. The van der Waals surface area contributed by atoms with Gasteiger partial charge in [0.1, 0.15) is 5.75 Å². The zero-order valence-corrected chi connectivity index (χ0v) is 16.1. The van der Waals surface area contributed by atoms with Crippen LogP contribution in [-0.4, -0.2) is 42.4 Å². The van der Waals surface area contributed by atoms with Gasteiger partial charge in [-0.05, 0) is 38.1 Å². The van der Waals surface area contributed by atoms with Crippen LogP contribution in [0.25, 0.3) is 6.08 Å². The number of nitriles is 1. The second-order valence-corrected chi connectivity index (χ2v) is 6.27. The number of hydrogen-bond acceptors (Lipinski definition) is 6. The van der Waals surface area contributed by atoms with E-state index in [0.717, 1.165) is 4.47 Å². The van der Waals surface area contributed by atoms with Gasteiger partial charge in [-0.15, -0.1) is 0 Å². The molecule has 0 N–H and O–H groups in total. The van der Waals surface area contributed by atoms with E-state index in [9.17, 15) is 9.59 Å². The quantitative estimate of drug-likeness (QED) is 0.500. The highest BCUT2D eigenvalue weighted by Crippen LogP contribution is 2.28. The average molecular weight is 420 g/mol. The lowest BCUT2D eigenvalue weighted by atomic mass is 10.1. The van der Waals surface area contributed by atoms with Crippen molar-refractivity contribution in [1.29, 1.82) is 5.26 Å². The van der Waals surface area contributed by atoms with Gasteiger partial charge in [-0.2, -0.15) is 10.4 Å². The Bertz CT molecular complexity index is 811. The van der Waals surface area contributed by atoms with Crippen LogP contribution in [0.5, 0.6) is 5.75 Å². The van der Waals surface area contributed by atoms with E-state index >= 15 is 0 Å². The van der Waals surface area contributed by atoms with Crippen LogP contribution in [0.1, 0.15) is 25.8 Å². The van der Waals surface area contributed by atoms with E-state index in [1.165, 1.54) is 5.01 Å². The zero-order chi connectivity index (χ0) is 19.1. The van der Waals surface area contributed by atoms with Crippen LogP contribution >= 0.6 is 15.9 Å². The molecule has 2 rings (SSSR count). The number of ether oxygens (including phenoxy) is 2. The van der Waals surface area contributed by atoms with Crippen LogP contribution in [0.2, 0.25) is 0 Å². The summed E-state index contributed by atoms with van der Waals surface area (Å²) in [5.41, 5.74) is 1.61. The van der Waals surface area contributed by atoms with E-state index in [4.69, 9.17) is 14.7 Å². The van der Waals surface area contributed by atoms with Crippen LogP contribution < -0.4 is 4.74 Å².